The molecule has 0 aliphatic rings. The van der Waals surface area contributed by atoms with Crippen LogP contribution in [0.5, 0.6) is 0 Å². The van der Waals surface area contributed by atoms with Gasteiger partial charge in [0.05, 0.1) is 29.8 Å². The quantitative estimate of drug-likeness (QED) is 0.494. The molecule has 6 nitrogen and oxygen atoms in total. The molecule has 2 N–H and O–H groups in total. The van der Waals surface area contributed by atoms with E-state index in [0.717, 1.165) is 5.06 Å². The number of halogens is 2. The normalized spacial score (nSPS) is 11.2. The van der Waals surface area contributed by atoms with Crippen LogP contribution in [-0.4, -0.2) is 34.3 Å². The van der Waals surface area contributed by atoms with Crippen molar-refractivity contribution in [2.45, 2.75) is 6.54 Å². The molecule has 0 fully saturated rings. The van der Waals surface area contributed by atoms with E-state index in [1.54, 1.807) is 18.2 Å². The van der Waals surface area contributed by atoms with Gasteiger partial charge in [-0.1, -0.05) is 29.3 Å². The van der Waals surface area contributed by atoms with E-state index in [0.29, 0.717) is 21.7 Å². The highest BCUT2D eigenvalue weighted by Gasteiger charge is 2.15. The van der Waals surface area contributed by atoms with Crippen LogP contribution >= 0.6 is 23.2 Å². The summed E-state index contributed by atoms with van der Waals surface area (Å²) in [5, 5.41) is 19.0. The largest absolute Gasteiger partial charge is 0.502 e. The number of carboxylic acid groups (broad SMARTS) is 1. The maximum Gasteiger partial charge on any atom is 0.371 e. The molecule has 8 heteroatoms. The average Bonchev–Trinajstić information content (AvgIpc) is 2.39. The Morgan fingerprint density at radius 2 is 1.95 bits per heavy atom. The smallest absolute Gasteiger partial charge is 0.371 e. The Hall–Kier alpha value is -1.76. The second-order valence-electron chi connectivity index (χ2n) is 3.64. The van der Waals surface area contributed by atoms with Crippen molar-refractivity contribution in [1.29, 1.82) is 0 Å². The van der Waals surface area contributed by atoms with E-state index in [1.165, 1.54) is 7.11 Å². The Kier molecular flexibility index (Phi) is 5.82. The molecule has 1 aromatic carbocycles. The van der Waals surface area contributed by atoms with Gasteiger partial charge < -0.3 is 10.2 Å². The van der Waals surface area contributed by atoms with Gasteiger partial charge in [0.15, 0.2) is 0 Å². The molecule has 0 radical (unpaired) electrons. The summed E-state index contributed by atoms with van der Waals surface area (Å²) < 4.78 is 0. The Labute approximate surface area is 124 Å². The number of hydrogen-bond acceptors (Lipinski definition) is 4. The van der Waals surface area contributed by atoms with Crippen molar-refractivity contribution in [2.75, 3.05) is 7.11 Å². The van der Waals surface area contributed by atoms with Crippen LogP contribution < -0.4 is 0 Å². The van der Waals surface area contributed by atoms with Gasteiger partial charge in [-0.05, 0) is 17.7 Å². The minimum atomic E-state index is -1.61. The third kappa shape index (κ3) is 4.41. The fourth-order valence-electron chi connectivity index (χ4n) is 1.29. The highest BCUT2D eigenvalue weighted by atomic mass is 35.5. The van der Waals surface area contributed by atoms with Crippen molar-refractivity contribution in [1.82, 2.24) is 5.06 Å². The number of aliphatic carboxylic acids is 1. The van der Waals surface area contributed by atoms with Crippen molar-refractivity contribution in [2.24, 2.45) is 0 Å². The van der Waals surface area contributed by atoms with Gasteiger partial charge in [-0.25, -0.2) is 9.86 Å². The highest BCUT2D eigenvalue weighted by Crippen LogP contribution is 2.23. The number of carboxylic acids is 1. The van der Waals surface area contributed by atoms with Crippen molar-refractivity contribution >= 4 is 35.1 Å². The number of hydrogen-bond donors (Lipinski definition) is 2. The van der Waals surface area contributed by atoms with Crippen molar-refractivity contribution in [3.8, 4) is 0 Å². The summed E-state index contributed by atoms with van der Waals surface area (Å²) in [5.41, 5.74) is 0.623. The molecule has 0 atom stereocenters. The molecule has 0 heterocycles. The molecule has 1 aromatic rings. The minimum Gasteiger partial charge on any atom is -0.502 e. The number of benzene rings is 1. The van der Waals surface area contributed by atoms with Crippen LogP contribution in [0.25, 0.3) is 0 Å². The van der Waals surface area contributed by atoms with E-state index in [9.17, 15) is 9.59 Å². The maximum atomic E-state index is 11.7. The summed E-state index contributed by atoms with van der Waals surface area (Å²) >= 11 is 11.6. The number of carbonyl (C=O) groups excluding carboxylic acids is 1. The van der Waals surface area contributed by atoms with E-state index in [4.69, 9.17) is 38.3 Å². The molecule has 0 aliphatic carbocycles. The first-order chi connectivity index (χ1) is 9.35. The van der Waals surface area contributed by atoms with Crippen LogP contribution in [0.1, 0.15) is 5.56 Å². The topological polar surface area (TPSA) is 87.1 Å². The summed E-state index contributed by atoms with van der Waals surface area (Å²) in [4.78, 5) is 26.9. The number of aliphatic hydroxyl groups is 1. The molecule has 0 unspecified atom stereocenters. The van der Waals surface area contributed by atoms with Gasteiger partial charge in [-0.2, -0.15) is 0 Å². The molecule has 0 aliphatic heterocycles. The minimum absolute atomic E-state index is 0.00954. The lowest BCUT2D eigenvalue weighted by Gasteiger charge is -2.18. The van der Waals surface area contributed by atoms with Crippen LogP contribution in [0.15, 0.2) is 30.0 Å². The fourth-order valence-corrected chi connectivity index (χ4v) is 1.61. The van der Waals surface area contributed by atoms with Gasteiger partial charge in [0, 0.05) is 0 Å². The van der Waals surface area contributed by atoms with E-state index in [-0.39, 0.29) is 6.54 Å². The van der Waals surface area contributed by atoms with Crippen molar-refractivity contribution in [3.05, 3.63) is 45.6 Å². The van der Waals surface area contributed by atoms with Crippen molar-refractivity contribution in [3.63, 3.8) is 0 Å². The van der Waals surface area contributed by atoms with Crippen LogP contribution in [0, 0.1) is 0 Å². The molecule has 108 valence electrons. The molecule has 1 rings (SSSR count). The SMILES string of the molecule is CON(Cc1ccc(Cl)c(Cl)c1)C(=O)C=C(O)C(=O)O. The molecule has 0 aromatic heterocycles. The first-order valence-corrected chi connectivity index (χ1v) is 6.04. The van der Waals surface area contributed by atoms with Crippen LogP contribution in [0.4, 0.5) is 0 Å². The van der Waals surface area contributed by atoms with E-state index in [1.807, 2.05) is 0 Å². The van der Waals surface area contributed by atoms with Crippen LogP contribution in [0.2, 0.25) is 10.0 Å². The Balaban J connectivity index is 2.86. The van der Waals surface area contributed by atoms with Gasteiger partial charge in [0.2, 0.25) is 5.76 Å². The van der Waals surface area contributed by atoms with Crippen LogP contribution in [-0.2, 0) is 21.0 Å². The zero-order valence-corrected chi connectivity index (χ0v) is 11.9. The first-order valence-electron chi connectivity index (χ1n) is 5.28. The summed E-state index contributed by atoms with van der Waals surface area (Å²) in [7, 11) is 1.24. The van der Waals surface area contributed by atoms with E-state index in [2.05, 4.69) is 0 Å². The molecule has 0 spiro atoms. The Bertz CT molecular complexity index is 559. The highest BCUT2D eigenvalue weighted by molar-refractivity contribution is 6.42. The molecular formula is C12H11Cl2NO5. The third-order valence-corrected chi connectivity index (χ3v) is 2.99. The molecule has 0 bridgehead atoms. The number of aliphatic hydroxyl groups excluding tert-OH is 1. The number of nitrogens with zero attached hydrogens (tertiary/aromatic N) is 1. The summed E-state index contributed by atoms with van der Waals surface area (Å²) in [6.45, 7) is 0.00954. The molecule has 0 saturated carbocycles. The van der Waals surface area contributed by atoms with Gasteiger partial charge >= 0.3 is 5.97 Å². The zero-order chi connectivity index (χ0) is 15.3. The third-order valence-electron chi connectivity index (χ3n) is 2.26. The lowest BCUT2D eigenvalue weighted by molar-refractivity contribution is -0.173. The van der Waals surface area contributed by atoms with Gasteiger partial charge in [-0.3, -0.25) is 9.63 Å². The van der Waals surface area contributed by atoms with Crippen LogP contribution in [0.3, 0.4) is 0 Å². The van der Waals surface area contributed by atoms with Crippen molar-refractivity contribution < 1.29 is 24.6 Å². The Morgan fingerprint density at radius 3 is 2.45 bits per heavy atom. The molecule has 1 amide bonds. The summed E-state index contributed by atoms with van der Waals surface area (Å²) in [5.74, 6) is -3.51. The molecular weight excluding hydrogens is 309 g/mol. The molecule has 0 saturated heterocycles. The lowest BCUT2D eigenvalue weighted by Crippen LogP contribution is -2.28. The standard InChI is InChI=1S/C12H11Cl2NO5/c1-20-15(11(17)5-10(16)12(18)19)6-7-2-3-8(13)9(14)4-7/h2-5,16H,6H2,1H3,(H,18,19). The van der Waals surface area contributed by atoms with Gasteiger partial charge in [0.1, 0.15) is 0 Å². The predicted molar refractivity (Wildman–Crippen MR) is 72.4 cm³/mol. The van der Waals surface area contributed by atoms with Gasteiger partial charge in [-0.15, -0.1) is 0 Å². The number of amides is 1. The summed E-state index contributed by atoms with van der Waals surface area (Å²) in [6, 6.07) is 4.74. The fraction of sp³-hybridized carbons (Fsp3) is 0.167. The second-order valence-corrected chi connectivity index (χ2v) is 4.46. The van der Waals surface area contributed by atoms with E-state index < -0.39 is 17.6 Å². The van der Waals surface area contributed by atoms with E-state index >= 15 is 0 Å². The Morgan fingerprint density at radius 1 is 1.30 bits per heavy atom. The zero-order valence-electron chi connectivity index (χ0n) is 10.3. The number of rotatable bonds is 5. The molecule has 20 heavy (non-hydrogen) atoms. The maximum absolute atomic E-state index is 11.7. The predicted octanol–water partition coefficient (Wildman–Crippen LogP) is 2.41. The number of hydroxylamine groups is 2. The van der Waals surface area contributed by atoms with Gasteiger partial charge in [0.25, 0.3) is 5.91 Å². The number of carbonyl (C=O) groups is 2. The lowest BCUT2D eigenvalue weighted by atomic mass is 10.2. The monoisotopic (exact) mass is 319 g/mol. The second kappa shape index (κ2) is 7.14. The first kappa shape index (κ1) is 16.3. The summed E-state index contributed by atoms with van der Waals surface area (Å²) in [6.07, 6.45) is 0.545. The average molecular weight is 320 g/mol.